The molecule has 0 aliphatic heterocycles. The van der Waals surface area contributed by atoms with E-state index in [-0.39, 0.29) is 12.5 Å². The number of ether oxygens (including phenoxy) is 1. The number of carbonyl (C=O) groups excluding carboxylic acids is 1. The molecule has 0 saturated carbocycles. The quantitative estimate of drug-likeness (QED) is 0.626. The number of hydrogen-bond acceptors (Lipinski definition) is 3. The number of rotatable bonds is 7. The van der Waals surface area contributed by atoms with Crippen LogP contribution in [0.2, 0.25) is 0 Å². The van der Waals surface area contributed by atoms with E-state index in [0.717, 1.165) is 12.0 Å². The van der Waals surface area contributed by atoms with Gasteiger partial charge in [-0.15, -0.1) is 0 Å². The summed E-state index contributed by atoms with van der Waals surface area (Å²) in [6, 6.07) is 17.4. The number of nitrogens with one attached hydrogen (secondary N) is 1. The van der Waals surface area contributed by atoms with Crippen molar-refractivity contribution in [1.29, 1.82) is 0 Å². The van der Waals surface area contributed by atoms with Crippen molar-refractivity contribution in [3.05, 3.63) is 65.7 Å². The lowest BCUT2D eigenvalue weighted by atomic mass is 9.99. The predicted octanol–water partition coefficient (Wildman–Crippen LogP) is 3.73. The average Bonchev–Trinajstić information content (AvgIpc) is 2.60. The van der Waals surface area contributed by atoms with E-state index >= 15 is 0 Å². The van der Waals surface area contributed by atoms with Crippen molar-refractivity contribution in [2.45, 2.75) is 26.2 Å². The number of carbonyl (C=O) groups is 1. The van der Waals surface area contributed by atoms with Crippen LogP contribution in [-0.4, -0.2) is 18.7 Å². The second-order valence-corrected chi connectivity index (χ2v) is 5.37. The minimum absolute atomic E-state index is 0.0607. The average molecular weight is 310 g/mol. The Morgan fingerprint density at radius 2 is 1.87 bits per heavy atom. The second-order valence-electron chi connectivity index (χ2n) is 5.37. The molecule has 0 spiro atoms. The first-order chi connectivity index (χ1) is 11.2. The molecular weight excluding hydrogens is 288 g/mol. The summed E-state index contributed by atoms with van der Waals surface area (Å²) in [5, 5.41) is 3.90. The first-order valence-electron chi connectivity index (χ1n) is 7.78. The van der Waals surface area contributed by atoms with Crippen LogP contribution in [0.15, 0.2) is 59.7 Å². The lowest BCUT2D eigenvalue weighted by Crippen LogP contribution is -2.24. The molecule has 1 amide bonds. The zero-order chi connectivity index (χ0) is 16.5. The van der Waals surface area contributed by atoms with Gasteiger partial charge in [-0.1, -0.05) is 56.3 Å². The summed E-state index contributed by atoms with van der Waals surface area (Å²) in [6.07, 6.45) is 2.70. The molecule has 23 heavy (non-hydrogen) atoms. The fourth-order valence-electron chi connectivity index (χ4n) is 2.03. The third-order valence-corrected chi connectivity index (χ3v) is 3.63. The number of benzene rings is 2. The fraction of sp³-hybridized carbons (Fsp3) is 0.263. The van der Waals surface area contributed by atoms with Crippen LogP contribution in [0, 0.1) is 0 Å². The maximum absolute atomic E-state index is 11.7. The summed E-state index contributed by atoms with van der Waals surface area (Å²) >= 11 is 0. The monoisotopic (exact) mass is 310 g/mol. The Balaban J connectivity index is 1.77. The van der Waals surface area contributed by atoms with E-state index in [4.69, 9.17) is 4.74 Å². The largest absolute Gasteiger partial charge is 0.484 e. The third kappa shape index (κ3) is 5.58. The van der Waals surface area contributed by atoms with Crippen LogP contribution in [0.5, 0.6) is 5.75 Å². The molecule has 120 valence electrons. The van der Waals surface area contributed by atoms with Gasteiger partial charge in [-0.2, -0.15) is 5.10 Å². The van der Waals surface area contributed by atoms with E-state index in [1.165, 1.54) is 5.56 Å². The maximum Gasteiger partial charge on any atom is 0.277 e. The second kappa shape index (κ2) is 8.73. The van der Waals surface area contributed by atoms with Crippen molar-refractivity contribution in [2.24, 2.45) is 5.10 Å². The predicted molar refractivity (Wildman–Crippen MR) is 92.8 cm³/mol. The maximum atomic E-state index is 11.7. The van der Waals surface area contributed by atoms with Gasteiger partial charge < -0.3 is 4.74 Å². The van der Waals surface area contributed by atoms with Crippen LogP contribution < -0.4 is 10.2 Å². The summed E-state index contributed by atoms with van der Waals surface area (Å²) in [6.45, 7) is 4.29. The van der Waals surface area contributed by atoms with Crippen molar-refractivity contribution in [3.63, 3.8) is 0 Å². The molecular formula is C19H22N2O2. The third-order valence-electron chi connectivity index (χ3n) is 3.63. The number of amides is 1. The Morgan fingerprint density at radius 3 is 2.52 bits per heavy atom. The van der Waals surface area contributed by atoms with Crippen molar-refractivity contribution in [1.82, 2.24) is 5.43 Å². The highest BCUT2D eigenvalue weighted by Gasteiger charge is 2.04. The van der Waals surface area contributed by atoms with Crippen molar-refractivity contribution < 1.29 is 9.53 Å². The summed E-state index contributed by atoms with van der Waals surface area (Å²) < 4.78 is 5.45. The highest BCUT2D eigenvalue weighted by Crippen LogP contribution is 2.21. The van der Waals surface area contributed by atoms with Gasteiger partial charge in [0.05, 0.1) is 6.21 Å². The molecule has 4 nitrogen and oxygen atoms in total. The Bertz CT molecular complexity index is 636. The minimum atomic E-state index is -0.289. The first-order valence-corrected chi connectivity index (χ1v) is 7.78. The molecule has 1 atom stereocenters. The normalized spacial score (nSPS) is 12.1. The molecule has 2 rings (SSSR count). The number of hydrazone groups is 1. The van der Waals surface area contributed by atoms with Crippen LogP contribution >= 0.6 is 0 Å². The van der Waals surface area contributed by atoms with E-state index in [2.05, 4.69) is 24.4 Å². The summed E-state index contributed by atoms with van der Waals surface area (Å²) in [7, 11) is 0. The fourth-order valence-corrected chi connectivity index (χ4v) is 2.03. The van der Waals surface area contributed by atoms with Crippen LogP contribution in [0.4, 0.5) is 0 Å². The van der Waals surface area contributed by atoms with Crippen LogP contribution in [0.25, 0.3) is 0 Å². The van der Waals surface area contributed by atoms with Gasteiger partial charge in [0, 0.05) is 0 Å². The van der Waals surface area contributed by atoms with Crippen molar-refractivity contribution in [2.75, 3.05) is 6.61 Å². The standard InChI is InChI=1S/C19H22N2O2/c1-3-15(2)17-9-11-18(12-10-17)23-14-19(22)21-20-13-16-7-5-4-6-8-16/h4-13,15H,3,14H2,1-2H3,(H,21,22)/b20-13+. The number of nitrogens with zero attached hydrogens (tertiary/aromatic N) is 1. The molecule has 0 radical (unpaired) electrons. The molecule has 0 aromatic heterocycles. The summed E-state index contributed by atoms with van der Waals surface area (Å²) in [5.74, 6) is 0.919. The highest BCUT2D eigenvalue weighted by molar-refractivity contribution is 5.82. The van der Waals surface area contributed by atoms with Crippen molar-refractivity contribution >= 4 is 12.1 Å². The Hall–Kier alpha value is -2.62. The van der Waals surface area contributed by atoms with E-state index in [1.54, 1.807) is 6.21 Å². The van der Waals surface area contributed by atoms with Gasteiger partial charge in [-0.3, -0.25) is 4.79 Å². The summed E-state index contributed by atoms with van der Waals surface area (Å²) in [5.41, 5.74) is 4.65. The van der Waals surface area contributed by atoms with Gasteiger partial charge in [0.1, 0.15) is 5.75 Å². The number of hydrogen-bond donors (Lipinski definition) is 1. The topological polar surface area (TPSA) is 50.7 Å². The molecule has 0 saturated heterocycles. The lowest BCUT2D eigenvalue weighted by Gasteiger charge is -2.10. The molecule has 2 aromatic rings. The molecule has 0 bridgehead atoms. The molecule has 2 aromatic carbocycles. The molecule has 0 heterocycles. The molecule has 0 aliphatic carbocycles. The van der Waals surface area contributed by atoms with E-state index in [1.807, 2.05) is 54.6 Å². The zero-order valence-corrected chi connectivity index (χ0v) is 13.5. The van der Waals surface area contributed by atoms with Gasteiger partial charge in [0.25, 0.3) is 5.91 Å². The van der Waals surface area contributed by atoms with Crippen LogP contribution in [0.3, 0.4) is 0 Å². The van der Waals surface area contributed by atoms with Crippen LogP contribution in [-0.2, 0) is 4.79 Å². The minimum Gasteiger partial charge on any atom is -0.484 e. The first kappa shape index (κ1) is 16.7. The van der Waals surface area contributed by atoms with Crippen molar-refractivity contribution in [3.8, 4) is 5.75 Å². The smallest absolute Gasteiger partial charge is 0.277 e. The van der Waals surface area contributed by atoms with Gasteiger partial charge in [0.2, 0.25) is 0 Å². The zero-order valence-electron chi connectivity index (χ0n) is 13.5. The molecule has 4 heteroatoms. The van der Waals surface area contributed by atoms with Gasteiger partial charge >= 0.3 is 0 Å². The molecule has 0 aliphatic rings. The highest BCUT2D eigenvalue weighted by atomic mass is 16.5. The Morgan fingerprint density at radius 1 is 1.17 bits per heavy atom. The Kier molecular flexibility index (Phi) is 6.36. The van der Waals surface area contributed by atoms with E-state index in [0.29, 0.717) is 11.7 Å². The van der Waals surface area contributed by atoms with E-state index < -0.39 is 0 Å². The summed E-state index contributed by atoms with van der Waals surface area (Å²) in [4.78, 5) is 11.7. The van der Waals surface area contributed by atoms with E-state index in [9.17, 15) is 4.79 Å². The lowest BCUT2D eigenvalue weighted by molar-refractivity contribution is -0.123. The van der Waals surface area contributed by atoms with Gasteiger partial charge in [0.15, 0.2) is 6.61 Å². The molecule has 0 fully saturated rings. The molecule has 1 unspecified atom stereocenters. The Labute approximate surface area is 137 Å². The van der Waals surface area contributed by atoms with Gasteiger partial charge in [-0.25, -0.2) is 5.43 Å². The SMILES string of the molecule is CCC(C)c1ccc(OCC(=O)N/N=C/c2ccccc2)cc1. The molecule has 1 N–H and O–H groups in total. The van der Waals surface area contributed by atoms with Gasteiger partial charge in [-0.05, 0) is 35.6 Å². The van der Waals surface area contributed by atoms with Crippen LogP contribution in [0.1, 0.15) is 37.3 Å².